The summed E-state index contributed by atoms with van der Waals surface area (Å²) in [5, 5.41) is 2.31. The average molecular weight is 337 g/mol. The molecule has 0 spiro atoms. The number of thiophene rings is 1. The lowest BCUT2D eigenvalue weighted by Crippen LogP contribution is -2.52. The zero-order valence-electron chi connectivity index (χ0n) is 12.7. The van der Waals surface area contributed by atoms with Crippen LogP contribution in [-0.2, 0) is 11.3 Å². The van der Waals surface area contributed by atoms with Gasteiger partial charge in [0, 0.05) is 11.9 Å². The lowest BCUT2D eigenvalue weighted by molar-refractivity contribution is -0.120. The number of aromatic nitrogens is 2. The maximum absolute atomic E-state index is 12.6. The van der Waals surface area contributed by atoms with Crippen LogP contribution in [0, 0.1) is 6.92 Å². The normalized spacial score (nSPS) is 17.8. The number of likely N-dealkylation sites (N-methyl/N-ethyl adjacent to an activating group) is 1. The number of hydrogen-bond acceptors (Lipinski definition) is 5. The van der Waals surface area contributed by atoms with E-state index in [1.54, 1.807) is 29.5 Å². The SMILES string of the molecule is CC[C@@H]1C(=O)N(C)c2cnc(Cl)nc2N1Cc1cc(C)cs1. The average Bonchev–Trinajstić information content (AvgIpc) is 2.90. The van der Waals surface area contributed by atoms with Crippen LogP contribution in [-0.4, -0.2) is 29.0 Å². The number of anilines is 2. The molecule has 7 heteroatoms. The van der Waals surface area contributed by atoms with Crippen LogP contribution < -0.4 is 9.80 Å². The van der Waals surface area contributed by atoms with Gasteiger partial charge in [0.2, 0.25) is 11.2 Å². The van der Waals surface area contributed by atoms with E-state index < -0.39 is 0 Å². The van der Waals surface area contributed by atoms with E-state index in [0.29, 0.717) is 18.7 Å². The molecular formula is C15H17ClN4OS. The second-order valence-corrected chi connectivity index (χ2v) is 6.72. The highest BCUT2D eigenvalue weighted by molar-refractivity contribution is 7.10. The van der Waals surface area contributed by atoms with E-state index in [-0.39, 0.29) is 17.2 Å². The number of rotatable bonds is 3. The van der Waals surface area contributed by atoms with Crippen molar-refractivity contribution in [3.05, 3.63) is 33.4 Å². The first-order valence-electron chi connectivity index (χ1n) is 7.12. The first kappa shape index (κ1) is 15.2. The second kappa shape index (κ2) is 5.85. The Morgan fingerprint density at radius 1 is 1.45 bits per heavy atom. The van der Waals surface area contributed by atoms with Crippen molar-refractivity contribution in [1.29, 1.82) is 0 Å². The maximum atomic E-state index is 12.6. The van der Waals surface area contributed by atoms with E-state index in [2.05, 4.69) is 28.3 Å². The lowest BCUT2D eigenvalue weighted by Gasteiger charge is -2.39. The molecule has 0 bridgehead atoms. The molecule has 5 nitrogen and oxygen atoms in total. The Kier molecular flexibility index (Phi) is 4.06. The highest BCUT2D eigenvalue weighted by Crippen LogP contribution is 2.36. The molecule has 1 aliphatic heterocycles. The highest BCUT2D eigenvalue weighted by atomic mass is 35.5. The summed E-state index contributed by atoms with van der Waals surface area (Å²) in [6, 6.07) is 1.91. The minimum absolute atomic E-state index is 0.0641. The maximum Gasteiger partial charge on any atom is 0.249 e. The van der Waals surface area contributed by atoms with Crippen LogP contribution in [0.1, 0.15) is 23.8 Å². The molecular weight excluding hydrogens is 320 g/mol. The number of fused-ring (bicyclic) bond motifs is 1. The van der Waals surface area contributed by atoms with Crippen molar-refractivity contribution in [3.63, 3.8) is 0 Å². The molecule has 1 atom stereocenters. The molecule has 1 amide bonds. The minimum atomic E-state index is -0.231. The molecule has 2 aromatic rings. The van der Waals surface area contributed by atoms with Crippen molar-refractivity contribution in [3.8, 4) is 0 Å². The number of amides is 1. The number of aryl methyl sites for hydroxylation is 1. The molecule has 0 unspecified atom stereocenters. The van der Waals surface area contributed by atoms with Gasteiger partial charge in [-0.2, -0.15) is 4.98 Å². The summed E-state index contributed by atoms with van der Waals surface area (Å²) in [6.07, 6.45) is 2.33. The van der Waals surface area contributed by atoms with Gasteiger partial charge in [-0.25, -0.2) is 4.98 Å². The smallest absolute Gasteiger partial charge is 0.249 e. The summed E-state index contributed by atoms with van der Waals surface area (Å²) in [5.41, 5.74) is 1.93. The Morgan fingerprint density at radius 3 is 2.86 bits per heavy atom. The van der Waals surface area contributed by atoms with Crippen LogP contribution >= 0.6 is 22.9 Å². The molecule has 0 saturated heterocycles. The summed E-state index contributed by atoms with van der Waals surface area (Å²) in [7, 11) is 1.76. The van der Waals surface area contributed by atoms with Crippen molar-refractivity contribution >= 4 is 40.4 Å². The molecule has 22 heavy (non-hydrogen) atoms. The molecule has 3 rings (SSSR count). The van der Waals surface area contributed by atoms with Crippen molar-refractivity contribution in [2.24, 2.45) is 0 Å². The van der Waals surface area contributed by atoms with Gasteiger partial charge in [-0.3, -0.25) is 4.79 Å². The molecule has 0 saturated carbocycles. The molecule has 1 aliphatic rings. The van der Waals surface area contributed by atoms with E-state index >= 15 is 0 Å². The van der Waals surface area contributed by atoms with Crippen molar-refractivity contribution in [2.75, 3.05) is 16.8 Å². The molecule has 0 N–H and O–H groups in total. The topological polar surface area (TPSA) is 49.3 Å². The van der Waals surface area contributed by atoms with E-state index in [0.717, 1.165) is 5.82 Å². The predicted molar refractivity (Wildman–Crippen MR) is 89.8 cm³/mol. The van der Waals surface area contributed by atoms with Gasteiger partial charge >= 0.3 is 0 Å². The number of carbonyl (C=O) groups excluding carboxylic acids is 1. The van der Waals surface area contributed by atoms with Crippen molar-refractivity contribution in [1.82, 2.24) is 9.97 Å². The Morgan fingerprint density at radius 2 is 2.23 bits per heavy atom. The quantitative estimate of drug-likeness (QED) is 0.807. The summed E-state index contributed by atoms with van der Waals surface area (Å²) >= 11 is 7.67. The fraction of sp³-hybridized carbons (Fsp3) is 0.400. The first-order chi connectivity index (χ1) is 10.5. The van der Waals surface area contributed by atoms with Crippen LogP contribution in [0.15, 0.2) is 17.6 Å². The van der Waals surface area contributed by atoms with Crippen LogP contribution in [0.5, 0.6) is 0 Å². The fourth-order valence-corrected chi connectivity index (χ4v) is 3.74. The summed E-state index contributed by atoms with van der Waals surface area (Å²) in [4.78, 5) is 25.9. The fourth-order valence-electron chi connectivity index (χ4n) is 2.74. The molecule has 116 valence electrons. The number of nitrogens with zero attached hydrogens (tertiary/aromatic N) is 4. The number of halogens is 1. The van der Waals surface area contributed by atoms with Gasteiger partial charge in [0.15, 0.2) is 5.82 Å². The van der Waals surface area contributed by atoms with E-state index in [9.17, 15) is 4.79 Å². The molecule has 0 aliphatic carbocycles. The predicted octanol–water partition coefficient (Wildman–Crippen LogP) is 3.26. The summed E-state index contributed by atoms with van der Waals surface area (Å²) < 4.78 is 0. The van der Waals surface area contributed by atoms with Gasteiger partial charge in [-0.05, 0) is 42.0 Å². The van der Waals surface area contributed by atoms with E-state index in [1.165, 1.54) is 10.4 Å². The Labute approximate surface area is 138 Å². The van der Waals surface area contributed by atoms with Gasteiger partial charge in [0.05, 0.1) is 12.7 Å². The third-order valence-corrected chi connectivity index (χ3v) is 5.07. The van der Waals surface area contributed by atoms with Crippen molar-refractivity contribution in [2.45, 2.75) is 32.9 Å². The first-order valence-corrected chi connectivity index (χ1v) is 8.37. The van der Waals surface area contributed by atoms with E-state index in [1.807, 2.05) is 11.8 Å². The van der Waals surface area contributed by atoms with Crippen LogP contribution in [0.4, 0.5) is 11.5 Å². The summed E-state index contributed by atoms with van der Waals surface area (Å²) in [5.74, 6) is 0.786. The zero-order chi connectivity index (χ0) is 15.9. The second-order valence-electron chi connectivity index (χ2n) is 5.39. The Hall–Kier alpha value is -1.66. The Balaban J connectivity index is 2.06. The van der Waals surface area contributed by atoms with Crippen LogP contribution in [0.2, 0.25) is 5.28 Å². The third kappa shape index (κ3) is 2.57. The third-order valence-electron chi connectivity index (χ3n) is 3.84. The minimum Gasteiger partial charge on any atom is -0.338 e. The summed E-state index contributed by atoms with van der Waals surface area (Å²) in [6.45, 7) is 4.73. The molecule has 3 heterocycles. The highest BCUT2D eigenvalue weighted by Gasteiger charge is 2.37. The van der Waals surface area contributed by atoms with Gasteiger partial charge in [-0.15, -0.1) is 11.3 Å². The lowest BCUT2D eigenvalue weighted by atomic mass is 10.1. The molecule has 2 aromatic heterocycles. The van der Waals surface area contributed by atoms with Crippen LogP contribution in [0.3, 0.4) is 0 Å². The van der Waals surface area contributed by atoms with Gasteiger partial charge in [-0.1, -0.05) is 6.92 Å². The Bertz CT molecular complexity index is 717. The van der Waals surface area contributed by atoms with Gasteiger partial charge in [0.1, 0.15) is 11.7 Å². The standard InChI is InChI=1S/C15H17ClN4OS/c1-4-11-14(21)19(3)12-6-17-15(16)18-13(12)20(11)7-10-5-9(2)8-22-10/h5-6,8,11H,4,7H2,1-3H3/t11-/m1/s1. The van der Waals surface area contributed by atoms with E-state index in [4.69, 9.17) is 11.6 Å². The molecule has 0 aromatic carbocycles. The molecule has 0 radical (unpaired) electrons. The number of hydrogen-bond donors (Lipinski definition) is 0. The van der Waals surface area contributed by atoms with Gasteiger partial charge < -0.3 is 9.80 Å². The zero-order valence-corrected chi connectivity index (χ0v) is 14.3. The molecule has 0 fully saturated rings. The monoisotopic (exact) mass is 336 g/mol. The van der Waals surface area contributed by atoms with Crippen molar-refractivity contribution < 1.29 is 4.79 Å². The van der Waals surface area contributed by atoms with Gasteiger partial charge in [0.25, 0.3) is 0 Å². The van der Waals surface area contributed by atoms with Crippen LogP contribution in [0.25, 0.3) is 0 Å². The number of carbonyl (C=O) groups is 1. The largest absolute Gasteiger partial charge is 0.338 e.